The molecule has 1 saturated heterocycles. The van der Waals surface area contributed by atoms with E-state index in [1.807, 2.05) is 6.92 Å². The van der Waals surface area contributed by atoms with Gasteiger partial charge in [-0.2, -0.15) is 0 Å². The highest BCUT2D eigenvalue weighted by Gasteiger charge is 2.39. The second-order valence-corrected chi connectivity index (χ2v) is 7.49. The predicted molar refractivity (Wildman–Crippen MR) is 99.8 cm³/mol. The molecule has 8 nitrogen and oxygen atoms in total. The van der Waals surface area contributed by atoms with E-state index in [1.54, 1.807) is 0 Å². The summed E-state index contributed by atoms with van der Waals surface area (Å²) in [6.07, 6.45) is 0.622. The number of aromatic hydroxyl groups is 1. The van der Waals surface area contributed by atoms with Crippen molar-refractivity contribution in [2.45, 2.75) is 26.2 Å². The van der Waals surface area contributed by atoms with E-state index < -0.39 is 46.4 Å². The van der Waals surface area contributed by atoms with Gasteiger partial charge in [-0.1, -0.05) is 13.0 Å². The maximum Gasteiger partial charge on any atom is 0.276 e. The van der Waals surface area contributed by atoms with Crippen LogP contribution in [0, 0.1) is 17.6 Å². The average molecular weight is 419 g/mol. The minimum absolute atomic E-state index is 0.0302. The van der Waals surface area contributed by atoms with Crippen LogP contribution in [0.25, 0.3) is 0 Å². The second kappa shape index (κ2) is 7.52. The molecule has 10 heteroatoms. The van der Waals surface area contributed by atoms with Gasteiger partial charge in [0.1, 0.15) is 17.2 Å². The lowest BCUT2D eigenvalue weighted by Crippen LogP contribution is -2.55. The van der Waals surface area contributed by atoms with Gasteiger partial charge in [0.25, 0.3) is 11.8 Å². The predicted octanol–water partition coefficient (Wildman–Crippen LogP) is 1.21. The maximum atomic E-state index is 13.7. The summed E-state index contributed by atoms with van der Waals surface area (Å²) in [5.41, 5.74) is -1.57. The highest BCUT2D eigenvalue weighted by atomic mass is 19.1. The van der Waals surface area contributed by atoms with Crippen LogP contribution in [0.3, 0.4) is 0 Å². The van der Waals surface area contributed by atoms with Crippen molar-refractivity contribution in [1.82, 2.24) is 14.8 Å². The number of amides is 2. The summed E-state index contributed by atoms with van der Waals surface area (Å²) in [5.74, 6) is -3.71. The molecule has 1 fully saturated rings. The molecule has 0 radical (unpaired) electrons. The molecule has 2 N–H and O–H groups in total. The summed E-state index contributed by atoms with van der Waals surface area (Å²) in [6, 6.07) is 2.91. The second-order valence-electron chi connectivity index (χ2n) is 7.49. The Morgan fingerprint density at radius 2 is 2.07 bits per heavy atom. The standard InChI is InChI=1S/C20H19F2N3O5/c1-10-6-25-15(30-9-10)8-24-7-13(17(26)18(27)16(24)20(25)29)19(28)23-5-11-2-3-12(21)4-14(11)22/h2-4,7,10,15,27H,5-6,8-9H2,1H3,(H,23,28)/t10-,15-/m0/s1. The Kier molecular flexibility index (Phi) is 5.02. The first-order valence-electron chi connectivity index (χ1n) is 9.37. The SMILES string of the molecule is C[C@@H]1CO[C@H]2Cn3cc(C(=O)NCc4ccc(F)cc4F)c(=O)c(O)c3C(=O)N2C1. The van der Waals surface area contributed by atoms with E-state index in [1.165, 1.54) is 21.7 Å². The Morgan fingerprint density at radius 1 is 1.30 bits per heavy atom. The molecule has 4 rings (SSSR count). The molecule has 158 valence electrons. The molecule has 0 bridgehead atoms. The van der Waals surface area contributed by atoms with Crippen LogP contribution < -0.4 is 10.7 Å². The molecule has 3 heterocycles. The van der Waals surface area contributed by atoms with Gasteiger partial charge < -0.3 is 24.6 Å². The molecule has 2 atom stereocenters. The van der Waals surface area contributed by atoms with Crippen molar-refractivity contribution >= 4 is 11.8 Å². The highest BCUT2D eigenvalue weighted by Crippen LogP contribution is 2.27. The zero-order valence-electron chi connectivity index (χ0n) is 16.0. The molecule has 0 spiro atoms. The monoisotopic (exact) mass is 419 g/mol. The third kappa shape index (κ3) is 3.43. The fourth-order valence-corrected chi connectivity index (χ4v) is 3.66. The number of halogens is 2. The number of aromatic nitrogens is 1. The van der Waals surface area contributed by atoms with Crippen molar-refractivity contribution in [2.75, 3.05) is 13.2 Å². The van der Waals surface area contributed by atoms with Crippen molar-refractivity contribution in [3.05, 3.63) is 63.1 Å². The number of fused-ring (bicyclic) bond motifs is 2. The first-order valence-corrected chi connectivity index (χ1v) is 9.37. The Hall–Kier alpha value is -3.27. The summed E-state index contributed by atoms with van der Waals surface area (Å²) in [4.78, 5) is 39.3. The first kappa shape index (κ1) is 20.0. The van der Waals surface area contributed by atoms with Crippen molar-refractivity contribution in [3.8, 4) is 5.75 Å². The van der Waals surface area contributed by atoms with Crippen LogP contribution >= 0.6 is 0 Å². The minimum Gasteiger partial charge on any atom is -0.503 e. The lowest BCUT2D eigenvalue weighted by atomic mass is 10.1. The molecule has 0 aliphatic carbocycles. The number of carbonyl (C=O) groups is 2. The molecule has 0 saturated carbocycles. The molecule has 0 unspecified atom stereocenters. The lowest BCUT2D eigenvalue weighted by Gasteiger charge is -2.42. The van der Waals surface area contributed by atoms with Gasteiger partial charge in [0, 0.05) is 30.9 Å². The Morgan fingerprint density at radius 3 is 2.80 bits per heavy atom. The summed E-state index contributed by atoms with van der Waals surface area (Å²) >= 11 is 0. The van der Waals surface area contributed by atoms with Crippen molar-refractivity contribution in [1.29, 1.82) is 0 Å². The van der Waals surface area contributed by atoms with Gasteiger partial charge in [0.2, 0.25) is 5.43 Å². The quantitative estimate of drug-likeness (QED) is 0.779. The van der Waals surface area contributed by atoms with Crippen LogP contribution in [0.2, 0.25) is 0 Å². The van der Waals surface area contributed by atoms with Crippen LogP contribution in [-0.4, -0.2) is 45.8 Å². The molecule has 2 aromatic rings. The normalized spacial score (nSPS) is 20.5. The van der Waals surface area contributed by atoms with Gasteiger partial charge in [-0.15, -0.1) is 0 Å². The molecule has 1 aromatic heterocycles. The minimum atomic E-state index is -1.00. The van der Waals surface area contributed by atoms with E-state index in [4.69, 9.17) is 4.74 Å². The van der Waals surface area contributed by atoms with Crippen molar-refractivity contribution in [3.63, 3.8) is 0 Å². The molecule has 2 aliphatic heterocycles. The number of nitrogens with one attached hydrogen (secondary N) is 1. The lowest BCUT2D eigenvalue weighted by molar-refractivity contribution is -0.111. The average Bonchev–Trinajstić information content (AvgIpc) is 2.70. The molecular formula is C20H19F2N3O5. The smallest absolute Gasteiger partial charge is 0.276 e. The maximum absolute atomic E-state index is 13.7. The van der Waals surface area contributed by atoms with Gasteiger partial charge >= 0.3 is 0 Å². The number of hydrogen-bond acceptors (Lipinski definition) is 5. The number of carbonyl (C=O) groups excluding carboxylic acids is 2. The Bertz CT molecular complexity index is 1100. The van der Waals surface area contributed by atoms with E-state index in [0.717, 1.165) is 6.07 Å². The molecule has 2 amide bonds. The van der Waals surface area contributed by atoms with Crippen LogP contribution in [0.4, 0.5) is 8.78 Å². The van der Waals surface area contributed by atoms with Crippen molar-refractivity contribution < 1.29 is 28.2 Å². The third-order valence-electron chi connectivity index (χ3n) is 5.20. The largest absolute Gasteiger partial charge is 0.503 e. The van der Waals surface area contributed by atoms with E-state index in [-0.39, 0.29) is 30.3 Å². The number of hydrogen-bond donors (Lipinski definition) is 2. The van der Waals surface area contributed by atoms with Crippen LogP contribution in [0.15, 0.2) is 29.2 Å². The van der Waals surface area contributed by atoms with E-state index >= 15 is 0 Å². The highest BCUT2D eigenvalue weighted by molar-refractivity contribution is 5.99. The number of rotatable bonds is 3. The van der Waals surface area contributed by atoms with Gasteiger partial charge in [0.05, 0.1) is 13.2 Å². The fourth-order valence-electron chi connectivity index (χ4n) is 3.66. The first-order chi connectivity index (χ1) is 14.3. The topological polar surface area (TPSA) is 101 Å². The summed E-state index contributed by atoms with van der Waals surface area (Å²) < 4.78 is 33.7. The Labute approximate surface area is 169 Å². The Balaban J connectivity index is 1.61. The summed E-state index contributed by atoms with van der Waals surface area (Å²) in [6.45, 7) is 2.68. The van der Waals surface area contributed by atoms with Gasteiger partial charge in [-0.25, -0.2) is 8.78 Å². The van der Waals surface area contributed by atoms with E-state index in [9.17, 15) is 28.3 Å². The van der Waals surface area contributed by atoms with Crippen LogP contribution in [-0.2, 0) is 17.8 Å². The van der Waals surface area contributed by atoms with Gasteiger partial charge in [-0.3, -0.25) is 14.4 Å². The molecular weight excluding hydrogens is 400 g/mol. The number of pyridine rings is 1. The van der Waals surface area contributed by atoms with Gasteiger partial charge in [0.15, 0.2) is 17.7 Å². The van der Waals surface area contributed by atoms with Crippen LogP contribution in [0.1, 0.15) is 33.3 Å². The summed E-state index contributed by atoms with van der Waals surface area (Å²) in [5, 5.41) is 12.7. The van der Waals surface area contributed by atoms with Crippen molar-refractivity contribution in [2.24, 2.45) is 5.92 Å². The number of benzene rings is 1. The zero-order valence-corrected chi connectivity index (χ0v) is 16.0. The summed E-state index contributed by atoms with van der Waals surface area (Å²) in [7, 11) is 0. The molecule has 30 heavy (non-hydrogen) atoms. The van der Waals surface area contributed by atoms with E-state index in [0.29, 0.717) is 19.2 Å². The molecule has 2 aliphatic rings. The van der Waals surface area contributed by atoms with Crippen LogP contribution in [0.5, 0.6) is 5.75 Å². The third-order valence-corrected chi connectivity index (χ3v) is 5.20. The molecule has 1 aromatic carbocycles. The van der Waals surface area contributed by atoms with E-state index in [2.05, 4.69) is 5.32 Å². The number of nitrogens with zero attached hydrogens (tertiary/aromatic N) is 2. The fraction of sp³-hybridized carbons (Fsp3) is 0.350. The van der Waals surface area contributed by atoms with Gasteiger partial charge in [-0.05, 0) is 12.0 Å². The number of ether oxygens (including phenoxy) is 1. The zero-order chi connectivity index (χ0) is 21.6.